The molecule has 5 nitrogen and oxygen atoms in total. The molecule has 0 saturated heterocycles. The number of anilines is 1. The number of nitrogens with zero attached hydrogens (tertiary/aromatic N) is 1. The van der Waals surface area contributed by atoms with E-state index in [0.29, 0.717) is 22.5 Å². The molecule has 0 radical (unpaired) electrons. The molecule has 3 aromatic rings. The average molecular weight is 323 g/mol. The zero-order valence-electron chi connectivity index (χ0n) is 12.6. The summed E-state index contributed by atoms with van der Waals surface area (Å²) in [7, 11) is 0. The van der Waals surface area contributed by atoms with E-state index in [9.17, 15) is 9.59 Å². The second-order valence-electron chi connectivity index (χ2n) is 5.49. The summed E-state index contributed by atoms with van der Waals surface area (Å²) in [5.74, 6) is -0.303. The van der Waals surface area contributed by atoms with E-state index in [1.165, 1.54) is 6.92 Å². The van der Waals surface area contributed by atoms with Crippen molar-refractivity contribution in [2.75, 3.05) is 5.32 Å². The fourth-order valence-electron chi connectivity index (χ4n) is 2.96. The van der Waals surface area contributed by atoms with Crippen molar-refractivity contribution in [1.82, 2.24) is 10.2 Å². The molecule has 2 aromatic heterocycles. The normalized spacial score (nSPS) is 12.2. The molecular weight excluding hydrogens is 310 g/mol. The summed E-state index contributed by atoms with van der Waals surface area (Å²) in [6.45, 7) is 3.44. The van der Waals surface area contributed by atoms with Crippen LogP contribution in [0.25, 0.3) is 21.8 Å². The summed E-state index contributed by atoms with van der Waals surface area (Å²) in [5, 5.41) is 12.1. The SMILES string of the molecule is CC(=O)Nc1cccc2c1C(=O)c1c-2n[nH]c1-c1sccc1C. The first-order valence-electron chi connectivity index (χ1n) is 7.16. The number of ketones is 1. The van der Waals surface area contributed by atoms with Crippen molar-refractivity contribution in [3.63, 3.8) is 0 Å². The van der Waals surface area contributed by atoms with E-state index in [1.807, 2.05) is 30.5 Å². The van der Waals surface area contributed by atoms with E-state index in [-0.39, 0.29) is 11.7 Å². The lowest BCUT2D eigenvalue weighted by molar-refractivity contribution is -0.114. The molecule has 0 aliphatic heterocycles. The third-order valence-electron chi connectivity index (χ3n) is 3.94. The smallest absolute Gasteiger partial charge is 0.221 e. The number of amides is 1. The maximum absolute atomic E-state index is 13.0. The van der Waals surface area contributed by atoms with Crippen LogP contribution >= 0.6 is 11.3 Å². The van der Waals surface area contributed by atoms with Crippen LogP contribution < -0.4 is 5.32 Å². The largest absolute Gasteiger partial charge is 0.326 e. The maximum atomic E-state index is 13.0. The van der Waals surface area contributed by atoms with Gasteiger partial charge in [0.05, 0.1) is 27.4 Å². The maximum Gasteiger partial charge on any atom is 0.221 e. The highest BCUT2D eigenvalue weighted by molar-refractivity contribution is 7.13. The molecule has 1 aliphatic rings. The number of aromatic nitrogens is 2. The number of hydrogen-bond donors (Lipinski definition) is 2. The average Bonchev–Trinajstić information content (AvgIpc) is 3.16. The van der Waals surface area contributed by atoms with E-state index in [2.05, 4.69) is 15.5 Å². The number of aromatic amines is 1. The number of carbonyl (C=O) groups is 2. The Labute approximate surface area is 136 Å². The summed E-state index contributed by atoms with van der Waals surface area (Å²) in [5.41, 5.74) is 4.91. The van der Waals surface area contributed by atoms with Crippen molar-refractivity contribution in [2.24, 2.45) is 0 Å². The Balaban J connectivity index is 1.92. The highest BCUT2D eigenvalue weighted by Crippen LogP contribution is 2.44. The third-order valence-corrected chi connectivity index (χ3v) is 4.97. The van der Waals surface area contributed by atoms with Crippen LogP contribution in [-0.4, -0.2) is 21.9 Å². The fourth-order valence-corrected chi connectivity index (χ4v) is 3.89. The van der Waals surface area contributed by atoms with Gasteiger partial charge in [-0.15, -0.1) is 11.3 Å². The number of aryl methyl sites for hydroxylation is 1. The molecule has 1 aliphatic carbocycles. The number of carbonyl (C=O) groups excluding carboxylic acids is 2. The van der Waals surface area contributed by atoms with Crippen LogP contribution in [-0.2, 0) is 4.79 Å². The first-order valence-corrected chi connectivity index (χ1v) is 8.04. The predicted octanol–water partition coefficient (Wildman–Crippen LogP) is 3.62. The molecule has 1 aromatic carbocycles. The Morgan fingerprint density at radius 1 is 1.26 bits per heavy atom. The van der Waals surface area contributed by atoms with E-state index in [1.54, 1.807) is 17.4 Å². The first kappa shape index (κ1) is 13.9. The highest BCUT2D eigenvalue weighted by atomic mass is 32.1. The van der Waals surface area contributed by atoms with Crippen LogP contribution in [0.15, 0.2) is 29.6 Å². The molecular formula is C17H13N3O2S. The van der Waals surface area contributed by atoms with Crippen LogP contribution in [0, 0.1) is 6.92 Å². The quantitative estimate of drug-likeness (QED) is 0.591. The van der Waals surface area contributed by atoms with Crippen molar-refractivity contribution in [2.45, 2.75) is 13.8 Å². The minimum absolute atomic E-state index is 0.101. The number of rotatable bonds is 2. The van der Waals surface area contributed by atoms with E-state index in [0.717, 1.165) is 21.7 Å². The molecule has 0 fully saturated rings. The van der Waals surface area contributed by atoms with Gasteiger partial charge in [0.25, 0.3) is 0 Å². The Morgan fingerprint density at radius 2 is 2.09 bits per heavy atom. The van der Waals surface area contributed by atoms with Crippen LogP contribution in [0.1, 0.15) is 28.4 Å². The van der Waals surface area contributed by atoms with Gasteiger partial charge in [0.2, 0.25) is 5.91 Å². The Hall–Kier alpha value is -2.73. The summed E-state index contributed by atoms with van der Waals surface area (Å²) in [4.78, 5) is 25.4. The van der Waals surface area contributed by atoms with Gasteiger partial charge in [-0.1, -0.05) is 12.1 Å². The summed E-state index contributed by atoms with van der Waals surface area (Å²) in [6.07, 6.45) is 0. The van der Waals surface area contributed by atoms with Gasteiger partial charge in [0, 0.05) is 12.5 Å². The second-order valence-corrected chi connectivity index (χ2v) is 6.41. The molecule has 0 spiro atoms. The highest BCUT2D eigenvalue weighted by Gasteiger charge is 2.35. The Kier molecular flexibility index (Phi) is 2.96. The predicted molar refractivity (Wildman–Crippen MR) is 89.8 cm³/mol. The molecule has 2 N–H and O–H groups in total. The number of fused-ring (bicyclic) bond motifs is 3. The van der Waals surface area contributed by atoms with Gasteiger partial charge in [0.15, 0.2) is 5.78 Å². The van der Waals surface area contributed by atoms with Crippen molar-refractivity contribution >= 4 is 28.7 Å². The van der Waals surface area contributed by atoms with Gasteiger partial charge in [-0.25, -0.2) is 0 Å². The van der Waals surface area contributed by atoms with E-state index >= 15 is 0 Å². The van der Waals surface area contributed by atoms with Crippen molar-refractivity contribution < 1.29 is 9.59 Å². The van der Waals surface area contributed by atoms with Crippen LogP contribution in [0.3, 0.4) is 0 Å². The molecule has 0 atom stereocenters. The van der Waals surface area contributed by atoms with Crippen LogP contribution in [0.2, 0.25) is 0 Å². The summed E-state index contributed by atoms with van der Waals surface area (Å²) >= 11 is 1.58. The van der Waals surface area contributed by atoms with E-state index < -0.39 is 0 Å². The van der Waals surface area contributed by atoms with Gasteiger partial charge in [-0.05, 0) is 30.0 Å². The fraction of sp³-hybridized carbons (Fsp3) is 0.118. The molecule has 0 unspecified atom stereocenters. The van der Waals surface area contributed by atoms with Gasteiger partial charge in [0.1, 0.15) is 5.69 Å². The lowest BCUT2D eigenvalue weighted by atomic mass is 10.1. The van der Waals surface area contributed by atoms with Gasteiger partial charge >= 0.3 is 0 Å². The molecule has 114 valence electrons. The molecule has 4 rings (SSSR count). The molecule has 0 saturated carbocycles. The lowest BCUT2D eigenvalue weighted by Crippen LogP contribution is -2.10. The van der Waals surface area contributed by atoms with Gasteiger partial charge in [-0.2, -0.15) is 5.10 Å². The van der Waals surface area contributed by atoms with Crippen LogP contribution in [0.5, 0.6) is 0 Å². The minimum atomic E-state index is -0.202. The molecule has 6 heteroatoms. The number of hydrogen-bond acceptors (Lipinski definition) is 4. The van der Waals surface area contributed by atoms with Crippen molar-refractivity contribution in [3.8, 4) is 21.8 Å². The third kappa shape index (κ3) is 1.95. The molecule has 1 amide bonds. The summed E-state index contributed by atoms with van der Waals surface area (Å²) in [6, 6.07) is 7.43. The Morgan fingerprint density at radius 3 is 2.78 bits per heavy atom. The van der Waals surface area contributed by atoms with E-state index in [4.69, 9.17) is 0 Å². The monoisotopic (exact) mass is 323 g/mol. The molecule has 23 heavy (non-hydrogen) atoms. The standard InChI is InChI=1S/C17H13N3O2S/c1-8-6-7-23-17(8)15-13-14(19-20-15)10-4-3-5-11(18-9(2)21)12(10)16(13)22/h3-7H,1-2H3,(H,18,21)(H,19,20). The molecule has 2 heterocycles. The first-order chi connectivity index (χ1) is 11.1. The number of thiophene rings is 1. The molecule has 0 bridgehead atoms. The number of benzene rings is 1. The number of H-pyrrole nitrogens is 1. The van der Waals surface area contributed by atoms with Gasteiger partial charge in [-0.3, -0.25) is 14.7 Å². The van der Waals surface area contributed by atoms with Gasteiger partial charge < -0.3 is 5.32 Å². The Bertz CT molecular complexity index is 968. The summed E-state index contributed by atoms with van der Waals surface area (Å²) < 4.78 is 0. The van der Waals surface area contributed by atoms with Crippen molar-refractivity contribution in [3.05, 3.63) is 46.3 Å². The minimum Gasteiger partial charge on any atom is -0.326 e. The van der Waals surface area contributed by atoms with Crippen LogP contribution in [0.4, 0.5) is 5.69 Å². The van der Waals surface area contributed by atoms with Crippen molar-refractivity contribution in [1.29, 1.82) is 0 Å². The number of nitrogens with one attached hydrogen (secondary N) is 2. The topological polar surface area (TPSA) is 74.8 Å². The second kappa shape index (κ2) is 4.89. The zero-order chi connectivity index (χ0) is 16.1. The zero-order valence-corrected chi connectivity index (χ0v) is 13.4. The lowest BCUT2D eigenvalue weighted by Gasteiger charge is -2.07.